The number of halogens is 4. The average molecular weight is 359 g/mol. The number of aromatic nitrogens is 1. The van der Waals surface area contributed by atoms with Crippen molar-refractivity contribution in [3.8, 4) is 0 Å². The van der Waals surface area contributed by atoms with Crippen LogP contribution in [0.3, 0.4) is 0 Å². The van der Waals surface area contributed by atoms with E-state index in [1.165, 1.54) is 12.1 Å². The molecule has 0 aliphatic heterocycles. The summed E-state index contributed by atoms with van der Waals surface area (Å²) >= 11 is 3.32. The van der Waals surface area contributed by atoms with Crippen LogP contribution >= 0.6 is 15.9 Å². The van der Waals surface area contributed by atoms with Crippen molar-refractivity contribution < 1.29 is 13.2 Å². The van der Waals surface area contributed by atoms with Crippen LogP contribution in [0.15, 0.2) is 47.1 Å². The number of hydrogen-bond donors (Lipinski definition) is 1. The number of nitrogens with one attached hydrogen (secondary N) is 1. The normalized spacial score (nSPS) is 13.2. The van der Waals surface area contributed by atoms with Crippen LogP contribution in [0.25, 0.3) is 0 Å². The number of likely N-dealkylation sites (N-methyl/N-ethyl adjacent to an activating group) is 1. The Hall–Kier alpha value is -1.40. The molecule has 1 aromatic heterocycles. The lowest BCUT2D eigenvalue weighted by Crippen LogP contribution is -2.20. The van der Waals surface area contributed by atoms with Crippen LogP contribution in [0.4, 0.5) is 13.2 Å². The Morgan fingerprint density at radius 2 is 1.81 bits per heavy atom. The Morgan fingerprint density at radius 1 is 1.14 bits per heavy atom. The summed E-state index contributed by atoms with van der Waals surface area (Å²) in [5, 5.41) is 3.13. The number of nitrogens with zero attached hydrogens (tertiary/aromatic N) is 1. The van der Waals surface area contributed by atoms with Crippen LogP contribution in [0.1, 0.15) is 22.9 Å². The number of benzene rings is 1. The van der Waals surface area contributed by atoms with Gasteiger partial charge in [-0.3, -0.25) is 4.98 Å². The van der Waals surface area contributed by atoms with Crippen molar-refractivity contribution in [2.75, 3.05) is 7.05 Å². The van der Waals surface area contributed by atoms with Crippen LogP contribution in [-0.4, -0.2) is 12.0 Å². The van der Waals surface area contributed by atoms with Gasteiger partial charge in [-0.1, -0.05) is 12.1 Å². The van der Waals surface area contributed by atoms with E-state index < -0.39 is 11.7 Å². The third-order valence-corrected chi connectivity index (χ3v) is 3.65. The van der Waals surface area contributed by atoms with E-state index in [1.807, 2.05) is 12.1 Å². The van der Waals surface area contributed by atoms with Gasteiger partial charge in [-0.25, -0.2) is 0 Å². The molecule has 0 radical (unpaired) electrons. The van der Waals surface area contributed by atoms with E-state index in [0.717, 1.165) is 27.9 Å². The summed E-state index contributed by atoms with van der Waals surface area (Å²) < 4.78 is 38.5. The molecular weight excluding hydrogens is 345 g/mol. The van der Waals surface area contributed by atoms with Crippen molar-refractivity contribution in [2.24, 2.45) is 0 Å². The minimum atomic E-state index is -4.30. The van der Waals surface area contributed by atoms with Crippen molar-refractivity contribution in [1.82, 2.24) is 10.3 Å². The van der Waals surface area contributed by atoms with Gasteiger partial charge in [-0.15, -0.1) is 0 Å². The smallest absolute Gasteiger partial charge is 0.311 e. The highest BCUT2D eigenvalue weighted by Crippen LogP contribution is 2.29. The molecule has 0 fully saturated rings. The van der Waals surface area contributed by atoms with Gasteiger partial charge in [-0.2, -0.15) is 13.2 Å². The molecule has 0 bridgehead atoms. The summed E-state index contributed by atoms with van der Waals surface area (Å²) in [7, 11) is 1.80. The second-order valence-corrected chi connectivity index (χ2v) is 5.56. The molecule has 0 spiro atoms. The molecule has 0 saturated carbocycles. The fourth-order valence-corrected chi connectivity index (χ4v) is 2.25. The maximum Gasteiger partial charge on any atom is 0.416 e. The Kier molecular flexibility index (Phi) is 5.00. The van der Waals surface area contributed by atoms with Gasteiger partial charge in [0.05, 0.1) is 17.3 Å². The summed E-state index contributed by atoms with van der Waals surface area (Å²) in [5.74, 6) is 0. The third kappa shape index (κ3) is 4.28. The number of hydrogen-bond acceptors (Lipinski definition) is 2. The highest BCUT2D eigenvalue weighted by Gasteiger charge is 2.30. The van der Waals surface area contributed by atoms with Gasteiger partial charge in [0, 0.05) is 10.7 Å². The van der Waals surface area contributed by atoms with Crippen molar-refractivity contribution in [2.45, 2.75) is 18.6 Å². The van der Waals surface area contributed by atoms with Crippen molar-refractivity contribution in [3.63, 3.8) is 0 Å². The molecule has 2 nitrogen and oxygen atoms in total. The Labute approximate surface area is 129 Å². The van der Waals surface area contributed by atoms with E-state index in [-0.39, 0.29) is 6.04 Å². The molecular formula is C15H14BrF3N2. The third-order valence-electron chi connectivity index (χ3n) is 3.18. The summed E-state index contributed by atoms with van der Waals surface area (Å²) in [5.41, 5.74) is 1.04. The molecule has 1 heterocycles. The first-order valence-corrected chi connectivity index (χ1v) is 7.14. The molecule has 1 unspecified atom stereocenters. The molecule has 21 heavy (non-hydrogen) atoms. The first-order valence-electron chi connectivity index (χ1n) is 6.35. The second-order valence-electron chi connectivity index (χ2n) is 4.64. The van der Waals surface area contributed by atoms with Gasteiger partial charge in [-0.05, 0) is 59.2 Å². The zero-order valence-electron chi connectivity index (χ0n) is 11.3. The molecule has 112 valence electrons. The van der Waals surface area contributed by atoms with Crippen LogP contribution in [0.5, 0.6) is 0 Å². The van der Waals surface area contributed by atoms with Crippen molar-refractivity contribution in [3.05, 3.63) is 63.9 Å². The molecule has 2 aromatic rings. The van der Waals surface area contributed by atoms with Crippen LogP contribution in [0, 0.1) is 0 Å². The minimum Gasteiger partial charge on any atom is -0.311 e. The van der Waals surface area contributed by atoms with Crippen LogP contribution in [-0.2, 0) is 12.6 Å². The van der Waals surface area contributed by atoms with E-state index in [2.05, 4.69) is 26.2 Å². The maximum atomic E-state index is 12.5. The Balaban J connectivity index is 2.13. The van der Waals surface area contributed by atoms with E-state index >= 15 is 0 Å². The standard InChI is InChI=1S/C15H14BrF3N2/c1-20-14(13-7-6-12(16)9-21-13)8-10-2-4-11(5-3-10)15(17,18)19/h2-7,9,14,20H,8H2,1H3. The SMILES string of the molecule is CNC(Cc1ccc(C(F)(F)F)cc1)c1ccc(Br)cn1. The quantitative estimate of drug-likeness (QED) is 0.877. The van der Waals surface area contributed by atoms with E-state index in [1.54, 1.807) is 13.2 Å². The summed E-state index contributed by atoms with van der Waals surface area (Å²) in [6, 6.07) is 8.95. The zero-order chi connectivity index (χ0) is 15.5. The molecule has 2 rings (SSSR count). The monoisotopic (exact) mass is 358 g/mol. The van der Waals surface area contributed by atoms with Crippen molar-refractivity contribution >= 4 is 15.9 Å². The molecule has 0 amide bonds. The fraction of sp³-hybridized carbons (Fsp3) is 0.267. The predicted molar refractivity (Wildman–Crippen MR) is 78.9 cm³/mol. The lowest BCUT2D eigenvalue weighted by molar-refractivity contribution is -0.137. The lowest BCUT2D eigenvalue weighted by Gasteiger charge is -2.16. The summed E-state index contributed by atoms with van der Waals surface area (Å²) in [6.45, 7) is 0. The highest BCUT2D eigenvalue weighted by molar-refractivity contribution is 9.10. The van der Waals surface area contributed by atoms with E-state index in [4.69, 9.17) is 0 Å². The van der Waals surface area contributed by atoms with Gasteiger partial charge in [0.15, 0.2) is 0 Å². The predicted octanol–water partition coefficient (Wildman–Crippen LogP) is 4.37. The molecule has 0 aliphatic carbocycles. The largest absolute Gasteiger partial charge is 0.416 e. The molecule has 1 aromatic carbocycles. The zero-order valence-corrected chi connectivity index (χ0v) is 12.9. The van der Waals surface area contributed by atoms with Gasteiger partial charge in [0.2, 0.25) is 0 Å². The molecule has 0 aliphatic rings. The second kappa shape index (κ2) is 6.58. The number of alkyl halides is 3. The first-order chi connectivity index (χ1) is 9.90. The number of rotatable bonds is 4. The summed E-state index contributed by atoms with van der Waals surface area (Å²) in [6.07, 6.45) is -2.02. The minimum absolute atomic E-state index is 0.0464. The lowest BCUT2D eigenvalue weighted by atomic mass is 10.0. The summed E-state index contributed by atoms with van der Waals surface area (Å²) in [4.78, 5) is 4.31. The van der Waals surface area contributed by atoms with Gasteiger partial charge in [0.25, 0.3) is 0 Å². The Morgan fingerprint density at radius 3 is 2.29 bits per heavy atom. The average Bonchev–Trinajstić information content (AvgIpc) is 2.45. The van der Waals surface area contributed by atoms with Crippen LogP contribution < -0.4 is 5.32 Å². The highest BCUT2D eigenvalue weighted by atomic mass is 79.9. The van der Waals surface area contributed by atoms with Gasteiger partial charge in [0.1, 0.15) is 0 Å². The molecule has 1 N–H and O–H groups in total. The van der Waals surface area contributed by atoms with Gasteiger partial charge >= 0.3 is 6.18 Å². The molecule has 6 heteroatoms. The topological polar surface area (TPSA) is 24.9 Å². The van der Waals surface area contributed by atoms with Gasteiger partial charge < -0.3 is 5.32 Å². The van der Waals surface area contributed by atoms with E-state index in [0.29, 0.717) is 6.42 Å². The van der Waals surface area contributed by atoms with E-state index in [9.17, 15) is 13.2 Å². The molecule has 1 atom stereocenters. The Bertz CT molecular complexity index is 579. The fourth-order valence-electron chi connectivity index (χ4n) is 2.01. The maximum absolute atomic E-state index is 12.5. The number of pyridine rings is 1. The first kappa shape index (κ1) is 16.0. The van der Waals surface area contributed by atoms with Crippen LogP contribution in [0.2, 0.25) is 0 Å². The molecule has 0 saturated heterocycles. The van der Waals surface area contributed by atoms with Crippen molar-refractivity contribution in [1.29, 1.82) is 0 Å².